The molecule has 0 saturated heterocycles. The molecule has 0 saturated carbocycles. The second kappa shape index (κ2) is 57.4. The molecule has 0 amide bonds. The van der Waals surface area contributed by atoms with Gasteiger partial charge in [0.2, 0.25) is 0 Å². The van der Waals surface area contributed by atoms with Crippen molar-refractivity contribution in [1.29, 1.82) is 0 Å². The van der Waals surface area contributed by atoms with Gasteiger partial charge in [-0.15, -0.1) is 0 Å². The van der Waals surface area contributed by atoms with Crippen LogP contribution in [0.4, 0.5) is 0 Å². The molecule has 4 atom stereocenters. The Balaban J connectivity index is -0.0000000551. The molecule has 0 aromatic rings. The molecule has 4 N–H and O–H groups in total. The van der Waals surface area contributed by atoms with Crippen molar-refractivity contribution in [2.45, 2.75) is 158 Å². The molecule has 40 heavy (non-hydrogen) atoms. The summed E-state index contributed by atoms with van der Waals surface area (Å²) in [6.07, 6.45) is 19.3. The van der Waals surface area contributed by atoms with Gasteiger partial charge in [-0.25, -0.2) is 0 Å². The van der Waals surface area contributed by atoms with E-state index in [1.807, 2.05) is 0 Å². The zero-order valence-corrected chi connectivity index (χ0v) is 34.5. The summed E-state index contributed by atoms with van der Waals surface area (Å²) in [7, 11) is 0. The summed E-state index contributed by atoms with van der Waals surface area (Å²) in [5.41, 5.74) is 0. The van der Waals surface area contributed by atoms with Crippen LogP contribution in [-0.4, -0.2) is 46.9 Å². The molecule has 0 bridgehead atoms. The van der Waals surface area contributed by atoms with E-state index in [1.54, 1.807) is 0 Å². The molecular weight excluding hydrogens is 640 g/mol. The third kappa shape index (κ3) is 53.3. The van der Waals surface area contributed by atoms with Crippen LogP contribution in [0, 0.1) is 23.7 Å². The Hall–Kier alpha value is 2.70. The van der Waals surface area contributed by atoms with Crippen LogP contribution >= 0.6 is 0 Å². The van der Waals surface area contributed by atoms with E-state index in [-0.39, 0.29) is 86.9 Å². The second-order valence-corrected chi connectivity index (χ2v) is 10.4. The Bertz CT molecular complexity index is 277. The van der Waals surface area contributed by atoms with Gasteiger partial charge in [-0.2, -0.15) is 0 Å². The summed E-state index contributed by atoms with van der Waals surface area (Å²) < 4.78 is 0. The Morgan fingerprint density at radius 2 is 0.475 bits per heavy atom. The van der Waals surface area contributed by atoms with E-state index >= 15 is 0 Å². The molecule has 240 valence electrons. The van der Waals surface area contributed by atoms with Crippen molar-refractivity contribution in [2.24, 2.45) is 23.7 Å². The van der Waals surface area contributed by atoms with Crippen LogP contribution in [0.15, 0.2) is 0 Å². The monoisotopic (exact) mass is 712 g/mol. The van der Waals surface area contributed by atoms with Gasteiger partial charge < -0.3 is 20.4 Å². The fourth-order valence-electron chi connectivity index (χ4n) is 3.67. The van der Waals surface area contributed by atoms with Gasteiger partial charge >= 0.3 is 0 Å². The van der Waals surface area contributed by atoms with E-state index in [4.69, 9.17) is 20.4 Å². The van der Waals surface area contributed by atoms with E-state index in [0.717, 1.165) is 25.7 Å². The minimum absolute atomic E-state index is 0. The Labute approximate surface area is 312 Å². The number of unbranched alkanes of at least 4 members (excludes halogenated alkanes) is 4. The van der Waals surface area contributed by atoms with Crippen LogP contribution < -0.4 is 0 Å². The fourth-order valence-corrected chi connectivity index (χ4v) is 3.67. The van der Waals surface area contributed by atoms with Gasteiger partial charge in [0.1, 0.15) is 0 Å². The Morgan fingerprint density at radius 1 is 0.325 bits per heavy atom. The molecular formula is C32H72O4Ti4. The number of hydrogen-bond donors (Lipinski definition) is 4. The average molecular weight is 712 g/mol. The number of rotatable bonds is 20. The minimum Gasteiger partial charge on any atom is -0.396 e. The van der Waals surface area contributed by atoms with Gasteiger partial charge in [0.05, 0.1) is 0 Å². The molecule has 8 heteroatoms. The molecule has 4 unspecified atom stereocenters. The minimum atomic E-state index is 0. The zero-order chi connectivity index (χ0) is 28.5. The van der Waals surface area contributed by atoms with E-state index in [9.17, 15) is 0 Å². The summed E-state index contributed by atoms with van der Waals surface area (Å²) in [5.74, 6) is 2.24. The van der Waals surface area contributed by atoms with Crippen LogP contribution in [0.1, 0.15) is 158 Å². The third-order valence-corrected chi connectivity index (χ3v) is 7.21. The molecule has 0 aliphatic rings. The average Bonchev–Trinajstić information content (AvgIpc) is 2.92. The molecule has 0 aromatic carbocycles. The van der Waals surface area contributed by atoms with Crippen LogP contribution in [0.3, 0.4) is 0 Å². The van der Waals surface area contributed by atoms with Crippen LogP contribution in [0.2, 0.25) is 0 Å². The van der Waals surface area contributed by atoms with Crippen LogP contribution in [0.5, 0.6) is 0 Å². The molecule has 4 nitrogen and oxygen atoms in total. The first-order valence-electron chi connectivity index (χ1n) is 15.8. The predicted molar refractivity (Wildman–Crippen MR) is 162 cm³/mol. The first kappa shape index (κ1) is 61.7. The number of hydrogen-bond acceptors (Lipinski definition) is 4. The van der Waals surface area contributed by atoms with Gasteiger partial charge in [-0.05, 0) is 49.4 Å². The van der Waals surface area contributed by atoms with Crippen molar-refractivity contribution in [3.63, 3.8) is 0 Å². The fraction of sp³-hybridized carbons (Fsp3) is 1.00. The van der Waals surface area contributed by atoms with Crippen LogP contribution in [0.25, 0.3) is 0 Å². The first-order chi connectivity index (χ1) is 17.4. The van der Waals surface area contributed by atoms with E-state index in [0.29, 0.717) is 50.1 Å². The predicted octanol–water partition coefficient (Wildman–Crippen LogP) is 8.77. The van der Waals surface area contributed by atoms with Gasteiger partial charge in [0.25, 0.3) is 0 Å². The Kier molecular flexibility index (Phi) is 88.4. The molecule has 0 aliphatic carbocycles. The number of aliphatic hydroxyl groups is 4. The summed E-state index contributed by atoms with van der Waals surface area (Å²) in [5, 5.41) is 35.0. The van der Waals surface area contributed by atoms with Gasteiger partial charge in [0, 0.05) is 113 Å². The van der Waals surface area contributed by atoms with Crippen molar-refractivity contribution in [1.82, 2.24) is 0 Å². The molecule has 0 rings (SSSR count). The third-order valence-electron chi connectivity index (χ3n) is 7.21. The summed E-state index contributed by atoms with van der Waals surface area (Å²) in [4.78, 5) is 0. The smallest absolute Gasteiger partial charge is 0.0459 e. The first-order valence-corrected chi connectivity index (χ1v) is 15.8. The van der Waals surface area contributed by atoms with Gasteiger partial charge in [-0.1, -0.05) is 132 Å². The SMILES string of the molecule is CCCCC(CC)CO.CCCCC(CC)CO.CCCCC(CC)CO.CCCCC(CC)CO.[Ti].[Ti].[Ti].[Ti]. The maximum absolute atomic E-state index is 8.75. The molecule has 0 spiro atoms. The van der Waals surface area contributed by atoms with E-state index in [1.165, 1.54) is 77.0 Å². The molecule has 0 heterocycles. The summed E-state index contributed by atoms with van der Waals surface area (Å²) >= 11 is 0. The molecule has 0 aliphatic heterocycles. The maximum atomic E-state index is 8.75. The van der Waals surface area contributed by atoms with Crippen molar-refractivity contribution in [3.05, 3.63) is 0 Å². The number of aliphatic hydroxyl groups excluding tert-OH is 4. The van der Waals surface area contributed by atoms with Crippen molar-refractivity contribution < 1.29 is 107 Å². The molecule has 0 radical (unpaired) electrons. The molecule has 0 aromatic heterocycles. The maximum Gasteiger partial charge on any atom is 0.0459 e. The standard InChI is InChI=1S/4C8H18O.4Ti/c4*1-3-5-6-8(4-2)7-9;;;;/h4*8-9H,3-7H2,1-2H3;;;;. The van der Waals surface area contributed by atoms with Crippen molar-refractivity contribution in [2.75, 3.05) is 26.4 Å². The summed E-state index contributed by atoms with van der Waals surface area (Å²) in [6.45, 7) is 18.8. The van der Waals surface area contributed by atoms with E-state index < -0.39 is 0 Å². The zero-order valence-electron chi connectivity index (χ0n) is 28.2. The summed E-state index contributed by atoms with van der Waals surface area (Å²) in [6, 6.07) is 0. The van der Waals surface area contributed by atoms with Gasteiger partial charge in [0.15, 0.2) is 0 Å². The normalized spacial score (nSPS) is 12.3. The second-order valence-electron chi connectivity index (χ2n) is 10.4. The molecule has 0 fully saturated rings. The quantitative estimate of drug-likeness (QED) is 0.0953. The van der Waals surface area contributed by atoms with Crippen LogP contribution in [-0.2, 0) is 86.9 Å². The van der Waals surface area contributed by atoms with Gasteiger partial charge in [-0.3, -0.25) is 0 Å². The topological polar surface area (TPSA) is 80.9 Å². The largest absolute Gasteiger partial charge is 0.396 e. The Morgan fingerprint density at radius 3 is 0.550 bits per heavy atom. The van der Waals surface area contributed by atoms with Crippen molar-refractivity contribution in [3.8, 4) is 0 Å². The van der Waals surface area contributed by atoms with Crippen molar-refractivity contribution >= 4 is 0 Å². The van der Waals surface area contributed by atoms with E-state index in [2.05, 4.69) is 55.4 Å².